The van der Waals surface area contributed by atoms with E-state index in [2.05, 4.69) is 148 Å². The van der Waals surface area contributed by atoms with Crippen LogP contribution in [0.5, 0.6) is 0 Å². The molecular formula is C56H34N6O. The van der Waals surface area contributed by atoms with E-state index >= 15 is 0 Å². The quantitative estimate of drug-likeness (QED) is 0.167. The van der Waals surface area contributed by atoms with Gasteiger partial charge in [0.05, 0.1) is 27.8 Å². The average molecular weight is 807 g/mol. The molecular weight excluding hydrogens is 773 g/mol. The van der Waals surface area contributed by atoms with Crippen LogP contribution in [0.2, 0.25) is 0 Å². The van der Waals surface area contributed by atoms with Crippen molar-refractivity contribution in [1.82, 2.24) is 29.1 Å². The predicted octanol–water partition coefficient (Wildman–Crippen LogP) is 14.0. The van der Waals surface area contributed by atoms with Crippen molar-refractivity contribution in [3.8, 4) is 56.4 Å². The summed E-state index contributed by atoms with van der Waals surface area (Å²) in [6.07, 6.45) is 5.73. The van der Waals surface area contributed by atoms with Crippen LogP contribution < -0.4 is 0 Å². The lowest BCUT2D eigenvalue weighted by atomic mass is 9.99. The number of nitrogens with zero attached hydrogens (tertiary/aromatic N) is 6. The number of hydrogen-bond donors (Lipinski definition) is 0. The van der Waals surface area contributed by atoms with E-state index in [1.54, 1.807) is 0 Å². The molecule has 294 valence electrons. The number of fused-ring (bicyclic) bond motifs is 9. The van der Waals surface area contributed by atoms with Crippen molar-refractivity contribution in [2.24, 2.45) is 0 Å². The molecule has 0 spiro atoms. The van der Waals surface area contributed by atoms with E-state index in [1.807, 2.05) is 73.2 Å². The maximum Gasteiger partial charge on any atom is 0.162 e. The van der Waals surface area contributed by atoms with Crippen molar-refractivity contribution < 1.29 is 4.42 Å². The molecule has 0 bridgehead atoms. The van der Waals surface area contributed by atoms with Crippen LogP contribution in [0.25, 0.3) is 122 Å². The molecule has 0 saturated carbocycles. The lowest BCUT2D eigenvalue weighted by Crippen LogP contribution is -2.02. The zero-order valence-electron chi connectivity index (χ0n) is 33.7. The van der Waals surface area contributed by atoms with Gasteiger partial charge in [-0.25, -0.2) is 9.97 Å². The van der Waals surface area contributed by atoms with Crippen molar-refractivity contribution in [2.75, 3.05) is 0 Å². The third kappa shape index (κ3) is 5.67. The third-order valence-electron chi connectivity index (χ3n) is 12.3. The minimum Gasteiger partial charge on any atom is -0.454 e. The Morgan fingerprint density at radius 3 is 1.86 bits per heavy atom. The summed E-state index contributed by atoms with van der Waals surface area (Å²) in [5.74, 6) is 1.48. The molecule has 63 heavy (non-hydrogen) atoms. The van der Waals surface area contributed by atoms with Crippen molar-refractivity contribution >= 4 is 65.7 Å². The zero-order valence-corrected chi connectivity index (χ0v) is 33.7. The van der Waals surface area contributed by atoms with Crippen LogP contribution in [0, 0.1) is 0 Å². The van der Waals surface area contributed by atoms with Crippen LogP contribution in [0.3, 0.4) is 0 Å². The smallest absolute Gasteiger partial charge is 0.162 e. The summed E-state index contributed by atoms with van der Waals surface area (Å²) >= 11 is 0. The standard InChI is InChI=1S/C56H34N6O/c1-3-12-35(13-4-1)47-32-54(60-56(59-47)36-14-5-2-6-15-36)62-49-19-10-7-16-42(49)44-24-21-38(30-51(44)62)40-28-39(33-57-34-40)37-22-25-50-45(29-37)43-17-8-9-18-48(43)61(50)41-23-26-52-46(31-41)55-53(63-52)20-11-27-58-55/h1-34H. The lowest BCUT2D eigenvalue weighted by Gasteiger charge is -2.13. The van der Waals surface area contributed by atoms with Crippen LogP contribution in [-0.2, 0) is 0 Å². The van der Waals surface area contributed by atoms with Crippen molar-refractivity contribution in [3.63, 3.8) is 0 Å². The zero-order chi connectivity index (χ0) is 41.4. The number of rotatable bonds is 6. The summed E-state index contributed by atoms with van der Waals surface area (Å²) in [6, 6.07) is 65.7. The molecule has 0 radical (unpaired) electrons. The second kappa shape index (κ2) is 13.9. The van der Waals surface area contributed by atoms with Gasteiger partial charge in [-0.3, -0.25) is 14.5 Å². The molecule has 7 heteroatoms. The minimum absolute atomic E-state index is 0.677. The normalized spacial score (nSPS) is 11.8. The SMILES string of the molecule is c1ccc(-c2cc(-n3c4ccccc4c4ccc(-c5cncc(-c6ccc7c(c6)c6ccccc6n7-c6ccc7oc8cccnc8c7c6)c5)cc43)nc(-c3ccccc3)n2)cc1. The Bertz CT molecular complexity index is 3860. The van der Waals surface area contributed by atoms with Gasteiger partial charge >= 0.3 is 0 Å². The molecule has 0 unspecified atom stereocenters. The van der Waals surface area contributed by atoms with E-state index in [4.69, 9.17) is 19.4 Å². The van der Waals surface area contributed by atoms with Gasteiger partial charge in [0.2, 0.25) is 0 Å². The van der Waals surface area contributed by atoms with Crippen molar-refractivity contribution in [2.45, 2.75) is 0 Å². The second-order valence-corrected chi connectivity index (χ2v) is 15.9. The van der Waals surface area contributed by atoms with Gasteiger partial charge in [0.15, 0.2) is 11.4 Å². The van der Waals surface area contributed by atoms with Gasteiger partial charge in [0.1, 0.15) is 16.9 Å². The van der Waals surface area contributed by atoms with Gasteiger partial charge < -0.3 is 8.98 Å². The molecule has 6 heterocycles. The maximum atomic E-state index is 6.12. The van der Waals surface area contributed by atoms with E-state index in [1.165, 1.54) is 10.8 Å². The number of hydrogen-bond acceptors (Lipinski definition) is 5. The number of aromatic nitrogens is 6. The van der Waals surface area contributed by atoms with E-state index in [-0.39, 0.29) is 0 Å². The van der Waals surface area contributed by atoms with Gasteiger partial charge in [-0.2, -0.15) is 0 Å². The highest BCUT2D eigenvalue weighted by atomic mass is 16.3. The Morgan fingerprint density at radius 1 is 0.381 bits per heavy atom. The topological polar surface area (TPSA) is 74.6 Å². The molecule has 0 aliphatic carbocycles. The third-order valence-corrected chi connectivity index (χ3v) is 12.3. The molecule has 7 aromatic carbocycles. The number of pyridine rings is 2. The summed E-state index contributed by atoms with van der Waals surface area (Å²) in [5, 5.41) is 5.66. The molecule has 0 atom stereocenters. The van der Waals surface area contributed by atoms with E-state index in [9.17, 15) is 0 Å². The summed E-state index contributed by atoms with van der Waals surface area (Å²) in [7, 11) is 0. The molecule has 0 aliphatic rings. The molecule has 13 aromatic rings. The monoisotopic (exact) mass is 806 g/mol. The molecule has 0 saturated heterocycles. The Labute approximate surface area is 360 Å². The molecule has 6 aromatic heterocycles. The fourth-order valence-corrected chi connectivity index (χ4v) is 9.33. The molecule has 0 aliphatic heterocycles. The van der Waals surface area contributed by atoms with Crippen molar-refractivity contribution in [3.05, 3.63) is 207 Å². The van der Waals surface area contributed by atoms with Crippen molar-refractivity contribution in [1.29, 1.82) is 0 Å². The molecule has 0 fully saturated rings. The van der Waals surface area contributed by atoms with Crippen LogP contribution in [0.4, 0.5) is 0 Å². The highest BCUT2D eigenvalue weighted by Crippen LogP contribution is 2.39. The summed E-state index contributed by atoms with van der Waals surface area (Å²) < 4.78 is 10.7. The minimum atomic E-state index is 0.677. The van der Waals surface area contributed by atoms with E-state index in [0.29, 0.717) is 5.82 Å². The van der Waals surface area contributed by atoms with Gasteiger partial charge in [0, 0.05) is 79.5 Å². The molecule has 0 amide bonds. The first-order valence-corrected chi connectivity index (χ1v) is 21.0. The first-order valence-electron chi connectivity index (χ1n) is 21.0. The molecule has 0 N–H and O–H groups in total. The van der Waals surface area contributed by atoms with Crippen LogP contribution >= 0.6 is 0 Å². The maximum absolute atomic E-state index is 6.12. The summed E-state index contributed by atoms with van der Waals surface area (Å²) in [4.78, 5) is 19.8. The Balaban J connectivity index is 0.942. The van der Waals surface area contributed by atoms with E-state index < -0.39 is 0 Å². The first kappa shape index (κ1) is 35.1. The largest absolute Gasteiger partial charge is 0.454 e. The predicted molar refractivity (Wildman–Crippen MR) is 255 cm³/mol. The Hall–Kier alpha value is -8.68. The lowest BCUT2D eigenvalue weighted by molar-refractivity contribution is 0.668. The van der Waals surface area contributed by atoms with Gasteiger partial charge in [-0.1, -0.05) is 115 Å². The second-order valence-electron chi connectivity index (χ2n) is 15.9. The molecule has 7 nitrogen and oxygen atoms in total. The summed E-state index contributed by atoms with van der Waals surface area (Å²) in [6.45, 7) is 0. The fraction of sp³-hybridized carbons (Fsp3) is 0. The Morgan fingerprint density at radius 2 is 1.05 bits per heavy atom. The van der Waals surface area contributed by atoms with Gasteiger partial charge in [0.25, 0.3) is 0 Å². The number of para-hydroxylation sites is 2. The van der Waals surface area contributed by atoms with Crippen LogP contribution in [-0.4, -0.2) is 29.1 Å². The van der Waals surface area contributed by atoms with Crippen LogP contribution in [0.1, 0.15) is 0 Å². The van der Waals surface area contributed by atoms with E-state index in [0.717, 1.165) is 105 Å². The Kier molecular flexibility index (Phi) is 7.77. The first-order chi connectivity index (χ1) is 31.2. The number of benzene rings is 7. The highest BCUT2D eigenvalue weighted by Gasteiger charge is 2.19. The average Bonchev–Trinajstić information content (AvgIpc) is 4.01. The highest BCUT2D eigenvalue weighted by molar-refractivity contribution is 6.12. The molecule has 13 rings (SSSR count). The van der Waals surface area contributed by atoms with Crippen LogP contribution in [0.15, 0.2) is 211 Å². The van der Waals surface area contributed by atoms with Gasteiger partial charge in [-0.05, 0) is 77.9 Å². The summed E-state index contributed by atoms with van der Waals surface area (Å²) in [5.41, 5.74) is 15.0. The van der Waals surface area contributed by atoms with Gasteiger partial charge in [-0.15, -0.1) is 0 Å². The fourth-order valence-electron chi connectivity index (χ4n) is 9.33. The number of furan rings is 1.